The number of hydrazine groups is 1. The number of rotatable bonds is 7. The van der Waals surface area contributed by atoms with Crippen LogP contribution in [0, 0.1) is 23.7 Å². The van der Waals surface area contributed by atoms with Crippen molar-refractivity contribution < 1.29 is 13.2 Å². The summed E-state index contributed by atoms with van der Waals surface area (Å²) in [6, 6.07) is 1.18. The lowest BCUT2D eigenvalue weighted by Crippen LogP contribution is -2.45. The Morgan fingerprint density at radius 1 is 1.11 bits per heavy atom. The second kappa shape index (κ2) is 10.6. The molecule has 2 saturated carbocycles. The van der Waals surface area contributed by atoms with Gasteiger partial charge in [-0.05, 0) is 80.4 Å². The van der Waals surface area contributed by atoms with Gasteiger partial charge in [-0.2, -0.15) is 13.2 Å². The number of nitrogens with zero attached hydrogens (tertiary/aromatic N) is 3. The van der Waals surface area contributed by atoms with Crippen LogP contribution >= 0.6 is 0 Å². The molecule has 5 atom stereocenters. The number of piperidine rings is 1. The Labute approximate surface area is 222 Å². The second-order valence-electron chi connectivity index (χ2n) is 12.4. The Balaban J connectivity index is 1.29. The van der Waals surface area contributed by atoms with Crippen molar-refractivity contribution in [3.8, 4) is 0 Å². The van der Waals surface area contributed by atoms with E-state index >= 15 is 0 Å². The fourth-order valence-corrected chi connectivity index (χ4v) is 7.34. The van der Waals surface area contributed by atoms with Crippen molar-refractivity contribution in [1.29, 1.82) is 0 Å². The van der Waals surface area contributed by atoms with Gasteiger partial charge in [0.2, 0.25) is 0 Å². The van der Waals surface area contributed by atoms with Gasteiger partial charge in [0.05, 0.1) is 23.9 Å². The number of pyridine rings is 1. The zero-order valence-corrected chi connectivity index (χ0v) is 22.3. The van der Waals surface area contributed by atoms with Crippen LogP contribution in [0.5, 0.6) is 0 Å². The molecule has 4 aliphatic rings. The molecule has 2 aromatic heterocycles. The van der Waals surface area contributed by atoms with E-state index < -0.39 is 11.7 Å². The molecular formula is C28H41F3N6O. The number of halogens is 3. The van der Waals surface area contributed by atoms with E-state index in [9.17, 15) is 18.0 Å². The van der Waals surface area contributed by atoms with Gasteiger partial charge in [-0.15, -0.1) is 0 Å². The van der Waals surface area contributed by atoms with Crippen molar-refractivity contribution in [3.63, 3.8) is 0 Å². The number of fused-ring (bicyclic) bond motifs is 1. The molecule has 2 aliphatic carbocycles. The fraction of sp³-hybridized carbons (Fsp3) is 0.750. The maximum atomic E-state index is 14.2. The third kappa shape index (κ3) is 5.55. The van der Waals surface area contributed by atoms with Crippen molar-refractivity contribution >= 4 is 5.52 Å². The summed E-state index contributed by atoms with van der Waals surface area (Å²) in [5.41, 5.74) is 6.03. The zero-order valence-electron chi connectivity index (χ0n) is 22.3. The van der Waals surface area contributed by atoms with Gasteiger partial charge in [0, 0.05) is 31.5 Å². The summed E-state index contributed by atoms with van der Waals surface area (Å²) < 4.78 is 45.6. The Hall–Kier alpha value is -1.88. The normalized spacial score (nSPS) is 30.2. The van der Waals surface area contributed by atoms with E-state index in [2.05, 4.69) is 28.0 Å². The number of hydrogen-bond acceptors (Lipinski definition) is 5. The Morgan fingerprint density at radius 2 is 1.95 bits per heavy atom. The van der Waals surface area contributed by atoms with Crippen molar-refractivity contribution in [3.05, 3.63) is 40.1 Å². The molecule has 210 valence electrons. The number of aromatic nitrogens is 2. The first-order chi connectivity index (χ1) is 18.3. The highest BCUT2D eigenvalue weighted by Gasteiger charge is 2.40. The van der Waals surface area contributed by atoms with Crippen molar-refractivity contribution in [2.75, 3.05) is 19.8 Å². The molecule has 10 heteroatoms. The lowest BCUT2D eigenvalue weighted by atomic mass is 9.74. The molecule has 0 spiro atoms. The van der Waals surface area contributed by atoms with Gasteiger partial charge in [0.1, 0.15) is 0 Å². The molecule has 0 aromatic carbocycles. The third-order valence-electron chi connectivity index (χ3n) is 9.39. The molecule has 7 nitrogen and oxygen atoms in total. The summed E-state index contributed by atoms with van der Waals surface area (Å²) in [6.45, 7) is 5.10. The van der Waals surface area contributed by atoms with Crippen LogP contribution in [0.4, 0.5) is 13.2 Å². The van der Waals surface area contributed by atoms with E-state index in [1.807, 2.05) is 0 Å². The minimum Gasteiger partial charge on any atom is -0.299 e. The van der Waals surface area contributed by atoms with Crippen LogP contribution < -0.4 is 21.9 Å². The van der Waals surface area contributed by atoms with Gasteiger partial charge in [-0.1, -0.05) is 26.2 Å². The number of hydrogen-bond donors (Lipinski definition) is 3. The van der Waals surface area contributed by atoms with Crippen molar-refractivity contribution in [2.24, 2.45) is 23.7 Å². The average Bonchev–Trinajstić information content (AvgIpc) is 3.42. The minimum absolute atomic E-state index is 0.0294. The standard InChI is InChI=1S/C28H41F3N6O/c1-18-4-3-9-35(13-18)14-20-11-24(28(29,30)31)25-16-36(27(38)37(25)15-20)22-6-2-5-21(12-22)23(10-19-7-8-19)26-32-17-33-34-26/h11,15-16,18-19,21-23,26,32-34H,2-10,12-14,17H2,1H3/t18-,21?,22?,23-,26?/m0/s1. The SMILES string of the molecule is C[C@H]1CCCN(Cc2cc(C(F)(F)F)c3cn(C4CCCC([C@H](CC5CC5)C5NCNN5)C4)c(=O)n3c2)C1. The molecule has 2 aromatic rings. The van der Waals surface area contributed by atoms with Gasteiger partial charge < -0.3 is 0 Å². The summed E-state index contributed by atoms with van der Waals surface area (Å²) in [6.07, 6.45) is 8.48. The van der Waals surface area contributed by atoms with E-state index in [1.165, 1.54) is 29.5 Å². The van der Waals surface area contributed by atoms with E-state index in [-0.39, 0.29) is 23.4 Å². The van der Waals surface area contributed by atoms with Gasteiger partial charge in [0.15, 0.2) is 0 Å². The quantitative estimate of drug-likeness (QED) is 0.489. The molecule has 0 bridgehead atoms. The van der Waals surface area contributed by atoms with Crippen LogP contribution in [0.3, 0.4) is 0 Å². The number of nitrogens with one attached hydrogen (secondary N) is 3. The first-order valence-corrected chi connectivity index (χ1v) is 14.5. The van der Waals surface area contributed by atoms with Crippen LogP contribution in [0.1, 0.15) is 81.9 Å². The largest absolute Gasteiger partial charge is 0.418 e. The summed E-state index contributed by atoms with van der Waals surface area (Å²) in [4.78, 5) is 15.8. The fourth-order valence-electron chi connectivity index (χ4n) is 7.34. The highest BCUT2D eigenvalue weighted by atomic mass is 19.4. The smallest absolute Gasteiger partial charge is 0.299 e. The first kappa shape index (κ1) is 26.3. The highest BCUT2D eigenvalue weighted by molar-refractivity contribution is 5.56. The first-order valence-electron chi connectivity index (χ1n) is 14.5. The monoisotopic (exact) mass is 534 g/mol. The van der Waals surface area contributed by atoms with E-state index in [1.54, 1.807) is 10.8 Å². The predicted octanol–water partition coefficient (Wildman–Crippen LogP) is 4.48. The molecule has 38 heavy (non-hydrogen) atoms. The van der Waals surface area contributed by atoms with Crippen LogP contribution in [0.15, 0.2) is 23.3 Å². The minimum atomic E-state index is -4.52. The summed E-state index contributed by atoms with van der Waals surface area (Å²) in [5.74, 6) is 2.18. The van der Waals surface area contributed by atoms with Crippen LogP contribution in [0.2, 0.25) is 0 Å². The molecule has 4 heterocycles. The van der Waals surface area contributed by atoms with Crippen LogP contribution in [-0.4, -0.2) is 39.8 Å². The Kier molecular flexibility index (Phi) is 7.35. The Morgan fingerprint density at radius 3 is 2.66 bits per heavy atom. The molecule has 3 unspecified atom stereocenters. The maximum Gasteiger partial charge on any atom is 0.418 e. The van der Waals surface area contributed by atoms with Crippen LogP contribution in [-0.2, 0) is 12.7 Å². The zero-order chi connectivity index (χ0) is 26.4. The van der Waals surface area contributed by atoms with Crippen molar-refractivity contribution in [2.45, 2.75) is 89.6 Å². The molecular weight excluding hydrogens is 493 g/mol. The topological polar surface area (TPSA) is 65.7 Å². The van der Waals surface area contributed by atoms with E-state index in [4.69, 9.17) is 0 Å². The molecule has 3 N–H and O–H groups in total. The molecule has 0 amide bonds. The van der Waals surface area contributed by atoms with Crippen molar-refractivity contribution in [1.82, 2.24) is 30.0 Å². The number of likely N-dealkylation sites (tertiary alicyclic amines) is 1. The van der Waals surface area contributed by atoms with Gasteiger partial charge >= 0.3 is 11.9 Å². The van der Waals surface area contributed by atoms with E-state index in [0.717, 1.165) is 70.6 Å². The lowest BCUT2D eigenvalue weighted by molar-refractivity contribution is -0.136. The lowest BCUT2D eigenvalue weighted by Gasteiger charge is -2.37. The highest BCUT2D eigenvalue weighted by Crippen LogP contribution is 2.44. The van der Waals surface area contributed by atoms with Gasteiger partial charge in [0.25, 0.3) is 0 Å². The molecule has 4 fully saturated rings. The van der Waals surface area contributed by atoms with Crippen LogP contribution in [0.25, 0.3) is 5.52 Å². The number of imidazole rings is 1. The average molecular weight is 535 g/mol. The molecule has 6 rings (SSSR count). The number of alkyl halides is 3. The maximum absolute atomic E-state index is 14.2. The summed E-state index contributed by atoms with van der Waals surface area (Å²) in [7, 11) is 0. The Bertz CT molecular complexity index is 1180. The molecule has 0 radical (unpaired) electrons. The predicted molar refractivity (Wildman–Crippen MR) is 140 cm³/mol. The molecule has 2 saturated heterocycles. The molecule has 2 aliphatic heterocycles. The second-order valence-corrected chi connectivity index (χ2v) is 12.4. The summed E-state index contributed by atoms with van der Waals surface area (Å²) >= 11 is 0. The van der Waals surface area contributed by atoms with E-state index in [0.29, 0.717) is 29.9 Å². The van der Waals surface area contributed by atoms with Gasteiger partial charge in [-0.3, -0.25) is 19.2 Å². The van der Waals surface area contributed by atoms with Gasteiger partial charge in [-0.25, -0.2) is 15.6 Å². The third-order valence-corrected chi connectivity index (χ3v) is 9.39. The summed E-state index contributed by atoms with van der Waals surface area (Å²) in [5, 5.41) is 3.52.